The van der Waals surface area contributed by atoms with Crippen molar-refractivity contribution in [2.45, 2.75) is 0 Å². The summed E-state index contributed by atoms with van der Waals surface area (Å²) in [5.41, 5.74) is 11.9. The average molecular weight is 746 g/mol. The third-order valence-corrected chi connectivity index (χ3v) is 12.4. The van der Waals surface area contributed by atoms with Crippen LogP contribution in [-0.4, -0.2) is 14.5 Å². The molecule has 0 saturated heterocycles. The molecule has 0 saturated carbocycles. The van der Waals surface area contributed by atoms with Crippen LogP contribution in [0.25, 0.3) is 115 Å². The maximum absolute atomic E-state index is 7.09. The van der Waals surface area contributed by atoms with Gasteiger partial charge in [-0.3, -0.25) is 0 Å². The third-order valence-electron chi connectivity index (χ3n) is 11.2. The molecule has 8 aromatic carbocycles. The summed E-state index contributed by atoms with van der Waals surface area (Å²) in [6.07, 6.45) is 0. The SMILES string of the molecule is c1ccc(-c2ccc(-c3cc(-c4ccc5c(c4)sc4ccccc45)nc(-c4cccc5c4oc4c5ccc5c6ccccc6n(-c6ccccc6)c54)n3)cc2)cc1. The molecule has 0 fully saturated rings. The van der Waals surface area contributed by atoms with Crippen LogP contribution in [0.5, 0.6) is 0 Å². The van der Waals surface area contributed by atoms with E-state index in [1.165, 1.54) is 31.1 Å². The van der Waals surface area contributed by atoms with Gasteiger partial charge < -0.3 is 8.98 Å². The van der Waals surface area contributed by atoms with Gasteiger partial charge in [-0.15, -0.1) is 11.3 Å². The average Bonchev–Trinajstić information content (AvgIpc) is 3.96. The molecule has 0 atom stereocenters. The van der Waals surface area contributed by atoms with Crippen LogP contribution in [0.4, 0.5) is 0 Å². The highest BCUT2D eigenvalue weighted by molar-refractivity contribution is 7.25. The molecule has 4 heterocycles. The molecule has 266 valence electrons. The number of rotatable bonds is 5. The van der Waals surface area contributed by atoms with Crippen LogP contribution in [-0.2, 0) is 0 Å². The zero-order chi connectivity index (χ0) is 37.5. The van der Waals surface area contributed by atoms with Gasteiger partial charge in [-0.25, -0.2) is 9.97 Å². The Labute approximate surface area is 331 Å². The van der Waals surface area contributed by atoms with E-state index in [4.69, 9.17) is 14.4 Å². The Morgan fingerprint density at radius 1 is 0.404 bits per heavy atom. The lowest BCUT2D eigenvalue weighted by molar-refractivity contribution is 0.671. The Morgan fingerprint density at radius 3 is 1.84 bits per heavy atom. The fourth-order valence-electron chi connectivity index (χ4n) is 8.54. The second-order valence-corrected chi connectivity index (χ2v) is 15.6. The van der Waals surface area contributed by atoms with Crippen molar-refractivity contribution in [2.24, 2.45) is 0 Å². The molecule has 0 unspecified atom stereocenters. The molecule has 0 spiro atoms. The van der Waals surface area contributed by atoms with Crippen molar-refractivity contribution in [2.75, 3.05) is 0 Å². The predicted octanol–water partition coefficient (Wildman–Crippen LogP) is 14.5. The van der Waals surface area contributed by atoms with E-state index in [1.54, 1.807) is 0 Å². The number of hydrogen-bond acceptors (Lipinski definition) is 4. The number of nitrogens with zero attached hydrogens (tertiary/aromatic N) is 3. The van der Waals surface area contributed by atoms with Crippen molar-refractivity contribution < 1.29 is 4.42 Å². The highest BCUT2D eigenvalue weighted by Gasteiger charge is 2.22. The topological polar surface area (TPSA) is 43.9 Å². The van der Waals surface area contributed by atoms with Gasteiger partial charge in [-0.1, -0.05) is 140 Å². The van der Waals surface area contributed by atoms with Crippen LogP contribution >= 0.6 is 11.3 Å². The molecule has 0 bridgehead atoms. The molecule has 12 aromatic rings. The molecule has 0 aliphatic rings. The largest absolute Gasteiger partial charge is 0.453 e. The quantitative estimate of drug-likeness (QED) is 0.176. The van der Waals surface area contributed by atoms with Crippen molar-refractivity contribution >= 4 is 75.3 Å². The second-order valence-electron chi connectivity index (χ2n) is 14.5. The predicted molar refractivity (Wildman–Crippen MR) is 238 cm³/mol. The van der Waals surface area contributed by atoms with Crippen molar-refractivity contribution in [1.82, 2.24) is 14.5 Å². The summed E-state index contributed by atoms with van der Waals surface area (Å²) < 4.78 is 11.9. The number of furan rings is 1. The summed E-state index contributed by atoms with van der Waals surface area (Å²) in [4.78, 5) is 10.6. The summed E-state index contributed by atoms with van der Waals surface area (Å²) in [5, 5.41) is 6.97. The van der Waals surface area contributed by atoms with Crippen molar-refractivity contribution in [3.05, 3.63) is 188 Å². The normalized spacial score (nSPS) is 11.9. The Morgan fingerprint density at radius 2 is 1.00 bits per heavy atom. The Hall–Kier alpha value is -7.34. The lowest BCUT2D eigenvalue weighted by Gasteiger charge is -2.11. The maximum Gasteiger partial charge on any atom is 0.164 e. The van der Waals surface area contributed by atoms with E-state index in [2.05, 4.69) is 187 Å². The van der Waals surface area contributed by atoms with Crippen LogP contribution in [0.3, 0.4) is 0 Å². The van der Waals surface area contributed by atoms with Crippen LogP contribution in [0.1, 0.15) is 0 Å². The van der Waals surface area contributed by atoms with E-state index < -0.39 is 0 Å². The van der Waals surface area contributed by atoms with E-state index in [9.17, 15) is 0 Å². The summed E-state index contributed by atoms with van der Waals surface area (Å²) in [7, 11) is 0. The Kier molecular flexibility index (Phi) is 7.06. The minimum Gasteiger partial charge on any atom is -0.453 e. The minimum absolute atomic E-state index is 0.621. The molecule has 4 aromatic heterocycles. The molecule has 57 heavy (non-hydrogen) atoms. The summed E-state index contributed by atoms with van der Waals surface area (Å²) in [5.74, 6) is 0.621. The van der Waals surface area contributed by atoms with Crippen LogP contribution in [0, 0.1) is 0 Å². The van der Waals surface area contributed by atoms with Gasteiger partial charge in [0.1, 0.15) is 5.58 Å². The lowest BCUT2D eigenvalue weighted by Crippen LogP contribution is -1.96. The van der Waals surface area contributed by atoms with Gasteiger partial charge in [0.25, 0.3) is 0 Å². The van der Waals surface area contributed by atoms with Crippen LogP contribution in [0.15, 0.2) is 192 Å². The lowest BCUT2D eigenvalue weighted by atomic mass is 10.0. The van der Waals surface area contributed by atoms with Crippen molar-refractivity contribution in [3.63, 3.8) is 0 Å². The maximum atomic E-state index is 7.09. The van der Waals surface area contributed by atoms with Gasteiger partial charge in [0.15, 0.2) is 11.4 Å². The number of aromatic nitrogens is 3. The zero-order valence-corrected chi connectivity index (χ0v) is 31.4. The third kappa shape index (κ3) is 5.06. The van der Waals surface area contributed by atoms with Gasteiger partial charge in [0.05, 0.1) is 28.0 Å². The first-order chi connectivity index (χ1) is 28.2. The molecular formula is C52H31N3OS. The van der Waals surface area contributed by atoms with Gasteiger partial charge >= 0.3 is 0 Å². The van der Waals surface area contributed by atoms with Gasteiger partial charge in [-0.2, -0.15) is 0 Å². The molecule has 5 heteroatoms. The monoisotopic (exact) mass is 745 g/mol. The Balaban J connectivity index is 1.09. The number of thiophene rings is 1. The fourth-order valence-corrected chi connectivity index (χ4v) is 9.68. The molecule has 0 amide bonds. The first-order valence-corrected chi connectivity index (χ1v) is 20.0. The standard InChI is InChI=1S/C52H31N3OS/c1-3-12-32(13-4-1)33-22-24-34(25-23-33)44-31-45(35-26-27-39-38-17-8-10-21-47(38)57-48(39)30-35)54-52(53-44)43-19-11-18-41-42-29-28-40-37-16-7-9-20-46(37)55(36-14-5-2-6-15-36)49(40)51(42)56-50(41)43/h1-31H. The Bertz CT molecular complexity index is 3510. The molecule has 0 aliphatic carbocycles. The number of benzene rings is 8. The highest BCUT2D eigenvalue weighted by Crippen LogP contribution is 2.43. The number of fused-ring (bicyclic) bond motifs is 10. The summed E-state index contributed by atoms with van der Waals surface area (Å²) in [6.45, 7) is 0. The smallest absolute Gasteiger partial charge is 0.164 e. The first kappa shape index (κ1) is 32.0. The summed E-state index contributed by atoms with van der Waals surface area (Å²) >= 11 is 1.82. The second kappa shape index (κ2) is 12.6. The first-order valence-electron chi connectivity index (χ1n) is 19.1. The van der Waals surface area contributed by atoms with Crippen molar-refractivity contribution in [3.8, 4) is 50.7 Å². The molecule has 0 radical (unpaired) electrons. The van der Waals surface area contributed by atoms with E-state index in [1.807, 2.05) is 17.4 Å². The molecule has 12 rings (SSSR count). The number of hydrogen-bond donors (Lipinski definition) is 0. The van der Waals surface area contributed by atoms with Crippen molar-refractivity contribution in [1.29, 1.82) is 0 Å². The van der Waals surface area contributed by atoms with Gasteiger partial charge in [0.2, 0.25) is 0 Å². The fraction of sp³-hybridized carbons (Fsp3) is 0. The zero-order valence-electron chi connectivity index (χ0n) is 30.6. The summed E-state index contributed by atoms with van der Waals surface area (Å²) in [6, 6.07) is 66.5. The minimum atomic E-state index is 0.621. The van der Waals surface area contributed by atoms with E-state index in [0.29, 0.717) is 5.82 Å². The van der Waals surface area contributed by atoms with Gasteiger partial charge in [-0.05, 0) is 59.7 Å². The van der Waals surface area contributed by atoms with Gasteiger partial charge in [0, 0.05) is 58.5 Å². The molecule has 4 nitrogen and oxygen atoms in total. The number of para-hydroxylation sites is 3. The molecular weight excluding hydrogens is 715 g/mol. The van der Waals surface area contributed by atoms with Crippen LogP contribution in [0.2, 0.25) is 0 Å². The molecule has 0 aliphatic heterocycles. The molecule has 0 N–H and O–H groups in total. The highest BCUT2D eigenvalue weighted by atomic mass is 32.1. The van der Waals surface area contributed by atoms with E-state index in [0.717, 1.165) is 77.7 Å². The van der Waals surface area contributed by atoms with E-state index in [-0.39, 0.29) is 0 Å². The van der Waals surface area contributed by atoms with Crippen LogP contribution < -0.4 is 0 Å². The van der Waals surface area contributed by atoms with E-state index >= 15 is 0 Å².